The molecule has 0 spiro atoms. The van der Waals surface area contributed by atoms with E-state index in [1.165, 1.54) is 0 Å². The molecule has 0 atom stereocenters. The van der Waals surface area contributed by atoms with E-state index in [1.54, 1.807) is 0 Å². The quantitative estimate of drug-likeness (QED) is 0.467. The topological polar surface area (TPSA) is 30.2 Å². The molecule has 0 saturated carbocycles. The standard InChI is InChI=1S/C22H22NO2.BrH/c1-17(2)25-22(24)20-13-7-6-12-19(20)16-23-15-9-8-14-21(23)18-10-4-3-5-11-18;/h3-15,17H,16H2,1-2H3;1H/q+1;/p-1. The van der Waals surface area contributed by atoms with Gasteiger partial charge in [0.15, 0.2) is 12.7 Å². The van der Waals surface area contributed by atoms with Crippen LogP contribution < -0.4 is 21.5 Å². The van der Waals surface area contributed by atoms with Gasteiger partial charge in [-0.1, -0.05) is 36.4 Å². The molecule has 0 fully saturated rings. The summed E-state index contributed by atoms with van der Waals surface area (Å²) in [5.41, 5.74) is 3.81. The molecule has 0 unspecified atom stereocenters. The van der Waals surface area contributed by atoms with E-state index >= 15 is 0 Å². The molecule has 3 nitrogen and oxygen atoms in total. The number of esters is 1. The zero-order valence-electron chi connectivity index (χ0n) is 14.9. The van der Waals surface area contributed by atoms with Crippen molar-refractivity contribution in [3.63, 3.8) is 0 Å². The highest BCUT2D eigenvalue weighted by Crippen LogP contribution is 2.16. The summed E-state index contributed by atoms with van der Waals surface area (Å²) in [6.45, 7) is 4.33. The highest BCUT2D eigenvalue weighted by atomic mass is 79.9. The number of hydrogen-bond acceptors (Lipinski definition) is 2. The van der Waals surface area contributed by atoms with Crippen LogP contribution in [0.4, 0.5) is 0 Å². The molecular formula is C22H22BrNO2. The number of pyridine rings is 1. The highest BCUT2D eigenvalue weighted by molar-refractivity contribution is 5.91. The molecule has 3 aromatic rings. The first-order chi connectivity index (χ1) is 12.1. The van der Waals surface area contributed by atoms with Gasteiger partial charge >= 0.3 is 5.97 Å². The fraction of sp³-hybridized carbons (Fsp3) is 0.182. The third kappa shape index (κ3) is 4.79. The van der Waals surface area contributed by atoms with E-state index in [9.17, 15) is 4.79 Å². The molecule has 2 aromatic carbocycles. The Labute approximate surface area is 165 Å². The number of benzene rings is 2. The second kappa shape index (κ2) is 9.30. The first kappa shape index (κ1) is 19.9. The van der Waals surface area contributed by atoms with E-state index < -0.39 is 0 Å². The number of aromatic nitrogens is 1. The first-order valence-corrected chi connectivity index (χ1v) is 8.48. The zero-order valence-corrected chi connectivity index (χ0v) is 16.5. The first-order valence-electron chi connectivity index (χ1n) is 8.48. The van der Waals surface area contributed by atoms with Gasteiger partial charge in [-0.3, -0.25) is 0 Å². The molecule has 1 heterocycles. The molecule has 0 radical (unpaired) electrons. The highest BCUT2D eigenvalue weighted by Gasteiger charge is 2.19. The lowest BCUT2D eigenvalue weighted by atomic mass is 10.1. The lowest BCUT2D eigenvalue weighted by Gasteiger charge is -2.11. The van der Waals surface area contributed by atoms with Crippen molar-refractivity contribution < 1.29 is 31.1 Å². The Balaban J connectivity index is 0.00000243. The van der Waals surface area contributed by atoms with Crippen LogP contribution in [0.5, 0.6) is 0 Å². The molecular weight excluding hydrogens is 390 g/mol. The van der Waals surface area contributed by atoms with Crippen LogP contribution in [-0.2, 0) is 11.3 Å². The van der Waals surface area contributed by atoms with Gasteiger partial charge < -0.3 is 21.7 Å². The number of ether oxygens (including phenoxy) is 1. The molecule has 3 rings (SSSR count). The summed E-state index contributed by atoms with van der Waals surface area (Å²) in [6, 6.07) is 24.0. The smallest absolute Gasteiger partial charge is 0.338 e. The summed E-state index contributed by atoms with van der Waals surface area (Å²) in [7, 11) is 0. The second-order valence-electron chi connectivity index (χ2n) is 6.19. The Morgan fingerprint density at radius 1 is 0.923 bits per heavy atom. The van der Waals surface area contributed by atoms with Crippen molar-refractivity contribution in [1.82, 2.24) is 0 Å². The van der Waals surface area contributed by atoms with Crippen molar-refractivity contribution in [1.29, 1.82) is 0 Å². The maximum atomic E-state index is 12.4. The van der Waals surface area contributed by atoms with Crippen LogP contribution in [0.3, 0.4) is 0 Å². The number of rotatable bonds is 5. The molecule has 134 valence electrons. The van der Waals surface area contributed by atoms with E-state index in [4.69, 9.17) is 4.74 Å². The van der Waals surface area contributed by atoms with E-state index in [0.717, 1.165) is 16.8 Å². The summed E-state index contributed by atoms with van der Waals surface area (Å²) in [5.74, 6) is -0.275. The molecule has 0 aliphatic rings. The monoisotopic (exact) mass is 411 g/mol. The Bertz CT molecular complexity index is 863. The fourth-order valence-electron chi connectivity index (χ4n) is 2.80. The Morgan fingerprint density at radius 2 is 1.58 bits per heavy atom. The Hall–Kier alpha value is -2.46. The maximum absolute atomic E-state index is 12.4. The summed E-state index contributed by atoms with van der Waals surface area (Å²) in [4.78, 5) is 12.4. The van der Waals surface area contributed by atoms with Gasteiger partial charge in [-0.15, -0.1) is 0 Å². The van der Waals surface area contributed by atoms with Crippen LogP contribution in [0, 0.1) is 0 Å². The minimum atomic E-state index is -0.275. The third-order valence-corrected chi connectivity index (χ3v) is 3.93. The van der Waals surface area contributed by atoms with Crippen molar-refractivity contribution in [2.24, 2.45) is 0 Å². The van der Waals surface area contributed by atoms with Gasteiger partial charge in [0, 0.05) is 23.3 Å². The van der Waals surface area contributed by atoms with Gasteiger partial charge in [-0.25, -0.2) is 4.79 Å². The number of halogens is 1. The molecule has 0 amide bonds. The lowest BCUT2D eigenvalue weighted by molar-refractivity contribution is -0.677. The summed E-state index contributed by atoms with van der Waals surface area (Å²) >= 11 is 0. The minimum Gasteiger partial charge on any atom is -1.00 e. The van der Waals surface area contributed by atoms with Crippen LogP contribution in [-0.4, -0.2) is 12.1 Å². The number of carbonyl (C=O) groups is 1. The summed E-state index contributed by atoms with van der Waals surface area (Å²) in [6.07, 6.45) is 1.90. The van der Waals surface area contributed by atoms with Gasteiger partial charge in [-0.05, 0) is 38.1 Å². The van der Waals surface area contributed by atoms with E-state index in [0.29, 0.717) is 12.1 Å². The molecule has 4 heteroatoms. The maximum Gasteiger partial charge on any atom is 0.338 e. The van der Waals surface area contributed by atoms with E-state index in [2.05, 4.69) is 22.8 Å². The SMILES string of the molecule is CC(C)OC(=O)c1ccccc1C[n+]1ccccc1-c1ccccc1.[Br-]. The minimum absolute atomic E-state index is 0. The molecule has 0 aliphatic carbocycles. The van der Waals surface area contributed by atoms with Gasteiger partial charge in [-0.2, -0.15) is 4.57 Å². The van der Waals surface area contributed by atoms with Crippen molar-refractivity contribution in [2.75, 3.05) is 0 Å². The average molecular weight is 412 g/mol. The van der Waals surface area contributed by atoms with Crippen LogP contribution in [0.25, 0.3) is 11.3 Å². The van der Waals surface area contributed by atoms with Crippen LogP contribution in [0.15, 0.2) is 79.0 Å². The number of carbonyl (C=O) groups excluding carboxylic acids is 1. The lowest BCUT2D eigenvalue weighted by Crippen LogP contribution is -3.00. The number of hydrogen-bond donors (Lipinski definition) is 0. The predicted molar refractivity (Wildman–Crippen MR) is 98.2 cm³/mol. The molecule has 0 N–H and O–H groups in total. The Kier molecular flexibility index (Phi) is 7.10. The van der Waals surface area contributed by atoms with Crippen molar-refractivity contribution >= 4 is 5.97 Å². The summed E-state index contributed by atoms with van der Waals surface area (Å²) < 4.78 is 7.53. The van der Waals surface area contributed by atoms with Crippen LogP contribution in [0.2, 0.25) is 0 Å². The average Bonchev–Trinajstić information content (AvgIpc) is 2.63. The molecule has 0 aliphatic heterocycles. The van der Waals surface area contributed by atoms with E-state index in [-0.39, 0.29) is 29.1 Å². The molecule has 1 aromatic heterocycles. The Morgan fingerprint density at radius 3 is 2.31 bits per heavy atom. The normalized spacial score (nSPS) is 10.3. The predicted octanol–water partition coefficient (Wildman–Crippen LogP) is 1.26. The van der Waals surface area contributed by atoms with Crippen molar-refractivity contribution in [2.45, 2.75) is 26.5 Å². The second-order valence-corrected chi connectivity index (χ2v) is 6.19. The molecule has 26 heavy (non-hydrogen) atoms. The van der Waals surface area contributed by atoms with Crippen LogP contribution >= 0.6 is 0 Å². The van der Waals surface area contributed by atoms with Crippen molar-refractivity contribution in [3.8, 4) is 11.3 Å². The zero-order chi connectivity index (χ0) is 17.6. The van der Waals surface area contributed by atoms with Gasteiger partial charge in [0.05, 0.1) is 11.7 Å². The van der Waals surface area contributed by atoms with Gasteiger partial charge in [0.1, 0.15) is 0 Å². The fourth-order valence-corrected chi connectivity index (χ4v) is 2.80. The van der Waals surface area contributed by atoms with Crippen LogP contribution in [0.1, 0.15) is 29.8 Å². The largest absolute Gasteiger partial charge is 1.00 e. The molecule has 0 saturated heterocycles. The summed E-state index contributed by atoms with van der Waals surface area (Å²) in [5, 5.41) is 0. The molecule has 0 bridgehead atoms. The van der Waals surface area contributed by atoms with E-state index in [1.807, 2.05) is 74.6 Å². The number of nitrogens with zero attached hydrogens (tertiary/aromatic N) is 1. The van der Waals surface area contributed by atoms with Gasteiger partial charge in [0.25, 0.3) is 0 Å². The van der Waals surface area contributed by atoms with Gasteiger partial charge in [0.2, 0.25) is 5.69 Å². The van der Waals surface area contributed by atoms with Crippen molar-refractivity contribution in [3.05, 3.63) is 90.1 Å². The third-order valence-electron chi connectivity index (χ3n) is 3.93.